The van der Waals surface area contributed by atoms with Gasteiger partial charge in [0.05, 0.1) is 6.20 Å². The molecule has 2 N–H and O–H groups in total. The zero-order chi connectivity index (χ0) is 20.3. The Morgan fingerprint density at radius 2 is 1.81 bits per heavy atom. The second-order valence-corrected chi connectivity index (χ2v) is 10.1. The van der Waals surface area contributed by atoms with E-state index in [1.807, 2.05) is 0 Å². The lowest BCUT2D eigenvalue weighted by molar-refractivity contribution is 0.135. The maximum Gasteiger partial charge on any atom is 0.189 e. The zero-order valence-corrected chi connectivity index (χ0v) is 19.4. The molecule has 0 unspecified atom stereocenters. The number of rotatable bonds is 3. The van der Waals surface area contributed by atoms with Gasteiger partial charge in [0, 0.05) is 48.7 Å². The summed E-state index contributed by atoms with van der Waals surface area (Å²) < 4.78 is 0. The first-order valence-electron chi connectivity index (χ1n) is 10.0. The third kappa shape index (κ3) is 3.38. The predicted molar refractivity (Wildman–Crippen MR) is 126 cm³/mol. The van der Waals surface area contributed by atoms with E-state index in [0.717, 1.165) is 45.6 Å². The largest absolute Gasteiger partial charge is 0.506 e. The van der Waals surface area contributed by atoms with Crippen LogP contribution in [0, 0.1) is 0 Å². The number of aromatic amines is 1. The minimum atomic E-state index is 0. The van der Waals surface area contributed by atoms with Crippen molar-refractivity contribution in [1.82, 2.24) is 30.0 Å². The normalized spacial score (nSPS) is 18.3. The summed E-state index contributed by atoms with van der Waals surface area (Å²) in [5.74, 6) is 0.114. The number of hydrogen-bond acceptors (Lipinski definition) is 9. The van der Waals surface area contributed by atoms with E-state index in [-0.39, 0.29) is 23.7 Å². The minimum absolute atomic E-state index is 0. The predicted octanol–water partition coefficient (Wildman–Crippen LogP) is 4.01. The number of hydrogen-bond donors (Lipinski definition) is 2. The number of aromatic nitrogens is 5. The van der Waals surface area contributed by atoms with Crippen LogP contribution in [-0.4, -0.2) is 67.4 Å². The van der Waals surface area contributed by atoms with Gasteiger partial charge in [0.1, 0.15) is 16.5 Å². The molecule has 0 atom stereocenters. The molecule has 162 valence electrons. The first-order chi connectivity index (χ1) is 14.6. The van der Waals surface area contributed by atoms with Crippen molar-refractivity contribution in [3.63, 3.8) is 0 Å². The van der Waals surface area contributed by atoms with Crippen molar-refractivity contribution in [2.24, 2.45) is 0 Å². The molecule has 6 rings (SSSR count). The number of H-pyrrole nitrogens is 1. The highest BCUT2D eigenvalue weighted by Crippen LogP contribution is 2.46. The van der Waals surface area contributed by atoms with Crippen molar-refractivity contribution in [2.45, 2.75) is 24.8 Å². The minimum Gasteiger partial charge on any atom is -0.506 e. The Kier molecular flexibility index (Phi) is 5.12. The molecule has 4 aromatic rings. The van der Waals surface area contributed by atoms with E-state index >= 15 is 0 Å². The third-order valence-electron chi connectivity index (χ3n) is 6.39. The van der Waals surface area contributed by atoms with Crippen LogP contribution in [0.2, 0.25) is 0 Å². The van der Waals surface area contributed by atoms with Crippen LogP contribution < -0.4 is 4.90 Å². The van der Waals surface area contributed by atoms with Crippen LogP contribution in [0.4, 0.5) is 5.13 Å². The van der Waals surface area contributed by atoms with Gasteiger partial charge in [-0.25, -0.2) is 15.0 Å². The van der Waals surface area contributed by atoms with Gasteiger partial charge in [-0.15, -0.1) is 12.4 Å². The molecule has 1 spiro atoms. The standard InChI is InChI=1S/C20H21N7OS2.ClH/c1-26-5-2-20(3-6-26)4-7-27(20)19-25-18-17(30-19)24-16(29-18)15-14(28)8-12(9-21-15)13-10-22-23-11-13;/h8-11,28H,2-7H2,1H3,(H,22,23);1H. The summed E-state index contributed by atoms with van der Waals surface area (Å²) in [6.45, 7) is 3.38. The number of nitrogens with one attached hydrogen (secondary N) is 1. The summed E-state index contributed by atoms with van der Waals surface area (Å²) in [5, 5.41) is 19.0. The second-order valence-electron chi connectivity index (χ2n) is 8.13. The molecule has 2 aliphatic rings. The maximum atomic E-state index is 10.5. The molecule has 0 bridgehead atoms. The molecule has 2 fully saturated rings. The maximum absolute atomic E-state index is 10.5. The Morgan fingerprint density at radius 1 is 1.03 bits per heavy atom. The van der Waals surface area contributed by atoms with E-state index in [4.69, 9.17) is 9.97 Å². The number of halogens is 1. The lowest BCUT2D eigenvalue weighted by Gasteiger charge is -2.56. The summed E-state index contributed by atoms with van der Waals surface area (Å²) in [7, 11) is 2.20. The van der Waals surface area contributed by atoms with Gasteiger partial charge in [0.15, 0.2) is 14.8 Å². The molecule has 0 saturated carbocycles. The quantitative estimate of drug-likeness (QED) is 0.462. The lowest BCUT2D eigenvalue weighted by atomic mass is 9.77. The Hall–Kier alpha value is -2.27. The first-order valence-corrected chi connectivity index (χ1v) is 11.7. The van der Waals surface area contributed by atoms with Crippen molar-refractivity contribution < 1.29 is 5.11 Å². The molecule has 8 nitrogen and oxygen atoms in total. The van der Waals surface area contributed by atoms with Gasteiger partial charge in [-0.3, -0.25) is 5.10 Å². The van der Waals surface area contributed by atoms with E-state index in [1.54, 1.807) is 36.0 Å². The summed E-state index contributed by atoms with van der Waals surface area (Å²) in [4.78, 5) is 20.8. The highest BCUT2D eigenvalue weighted by atomic mass is 35.5. The molecular formula is C20H22ClN7OS2. The van der Waals surface area contributed by atoms with Crippen LogP contribution in [0.5, 0.6) is 5.75 Å². The van der Waals surface area contributed by atoms with Crippen LogP contribution in [0.3, 0.4) is 0 Å². The van der Waals surface area contributed by atoms with Crippen molar-refractivity contribution in [1.29, 1.82) is 0 Å². The smallest absolute Gasteiger partial charge is 0.189 e. The molecule has 4 aromatic heterocycles. The molecule has 11 heteroatoms. The highest BCUT2D eigenvalue weighted by Gasteiger charge is 2.47. The topological polar surface area (TPSA) is 94.1 Å². The van der Waals surface area contributed by atoms with E-state index in [9.17, 15) is 5.11 Å². The summed E-state index contributed by atoms with van der Waals surface area (Å²) in [5.41, 5.74) is 2.48. The van der Waals surface area contributed by atoms with Crippen molar-refractivity contribution in [3.8, 4) is 27.6 Å². The van der Waals surface area contributed by atoms with Crippen molar-refractivity contribution >= 4 is 49.9 Å². The molecule has 31 heavy (non-hydrogen) atoms. The fourth-order valence-corrected chi connectivity index (χ4v) is 6.61. The molecule has 0 aromatic carbocycles. The van der Waals surface area contributed by atoms with Crippen LogP contribution in [0.15, 0.2) is 24.7 Å². The highest BCUT2D eigenvalue weighted by molar-refractivity contribution is 7.29. The lowest BCUT2D eigenvalue weighted by Crippen LogP contribution is -2.64. The SMILES string of the molecule is CN1CCC2(CC1)CCN2c1nc2sc(-c3ncc(-c4cn[nH]c4)cc3O)nc2s1.Cl. The molecule has 2 saturated heterocycles. The number of nitrogens with zero attached hydrogens (tertiary/aromatic N) is 6. The van der Waals surface area contributed by atoms with Crippen molar-refractivity contribution in [3.05, 3.63) is 24.7 Å². The molecule has 6 heterocycles. The van der Waals surface area contributed by atoms with Crippen LogP contribution in [0.1, 0.15) is 19.3 Å². The fourth-order valence-electron chi connectivity index (χ4n) is 4.43. The summed E-state index contributed by atoms with van der Waals surface area (Å²) >= 11 is 3.14. The summed E-state index contributed by atoms with van der Waals surface area (Å²) in [6.07, 6.45) is 8.87. The van der Waals surface area contributed by atoms with Gasteiger partial charge in [0.2, 0.25) is 0 Å². The third-order valence-corrected chi connectivity index (χ3v) is 8.45. The number of aromatic hydroxyl groups is 1. The Bertz CT molecular complexity index is 1180. The number of pyridine rings is 1. The monoisotopic (exact) mass is 475 g/mol. The van der Waals surface area contributed by atoms with Crippen LogP contribution in [-0.2, 0) is 0 Å². The average Bonchev–Trinajstić information content (AvgIpc) is 3.44. The van der Waals surface area contributed by atoms with Crippen LogP contribution in [0.25, 0.3) is 31.5 Å². The molecule has 0 radical (unpaired) electrons. The fraction of sp³-hybridized carbons (Fsp3) is 0.400. The van der Waals surface area contributed by atoms with Gasteiger partial charge in [-0.2, -0.15) is 5.10 Å². The van der Waals surface area contributed by atoms with E-state index in [0.29, 0.717) is 10.7 Å². The number of thiazole rings is 2. The number of piperidine rings is 1. The zero-order valence-electron chi connectivity index (χ0n) is 16.9. The Labute approximate surface area is 193 Å². The molecule has 0 aliphatic carbocycles. The average molecular weight is 476 g/mol. The van der Waals surface area contributed by atoms with Crippen LogP contribution >= 0.6 is 35.1 Å². The van der Waals surface area contributed by atoms with E-state index < -0.39 is 0 Å². The number of anilines is 1. The second kappa shape index (κ2) is 7.70. The van der Waals surface area contributed by atoms with Gasteiger partial charge in [-0.05, 0) is 32.4 Å². The van der Waals surface area contributed by atoms with Gasteiger partial charge < -0.3 is 14.9 Å². The Balaban J connectivity index is 0.00000204. The Morgan fingerprint density at radius 3 is 2.45 bits per heavy atom. The van der Waals surface area contributed by atoms with Crippen molar-refractivity contribution in [2.75, 3.05) is 31.6 Å². The van der Waals surface area contributed by atoms with E-state index in [2.05, 4.69) is 32.0 Å². The van der Waals surface area contributed by atoms with Gasteiger partial charge in [-0.1, -0.05) is 22.7 Å². The van der Waals surface area contributed by atoms with E-state index in [1.165, 1.54) is 30.6 Å². The number of likely N-dealkylation sites (tertiary alicyclic amines) is 1. The summed E-state index contributed by atoms with van der Waals surface area (Å²) in [6, 6.07) is 1.70. The molecule has 2 aliphatic heterocycles. The van der Waals surface area contributed by atoms with Gasteiger partial charge >= 0.3 is 0 Å². The van der Waals surface area contributed by atoms with Gasteiger partial charge in [0.25, 0.3) is 0 Å². The molecular weight excluding hydrogens is 454 g/mol. The first kappa shape index (κ1) is 20.6. The number of fused-ring (bicyclic) bond motifs is 1. The molecule has 0 amide bonds.